The molecule has 1 aliphatic heterocycles. The van der Waals surface area contributed by atoms with E-state index in [1.165, 1.54) is 5.56 Å². The second-order valence-corrected chi connectivity index (χ2v) is 7.12. The topological polar surface area (TPSA) is 68.0 Å². The van der Waals surface area contributed by atoms with Gasteiger partial charge in [0.25, 0.3) is 0 Å². The molecule has 1 saturated heterocycles. The van der Waals surface area contributed by atoms with Gasteiger partial charge in [0.1, 0.15) is 0 Å². The lowest BCUT2D eigenvalue weighted by atomic mass is 10.1. The minimum atomic E-state index is -0.0383. The third kappa shape index (κ3) is 3.86. The van der Waals surface area contributed by atoms with Crippen molar-refractivity contribution < 1.29 is 4.79 Å². The summed E-state index contributed by atoms with van der Waals surface area (Å²) in [6, 6.07) is 12.5. The number of carbonyl (C=O) groups is 1. The van der Waals surface area contributed by atoms with Gasteiger partial charge in [-0.2, -0.15) is 10.2 Å². The molecule has 3 aromatic rings. The molecule has 0 aliphatic carbocycles. The highest BCUT2D eigenvalue weighted by Gasteiger charge is 2.33. The van der Waals surface area contributed by atoms with Crippen molar-refractivity contribution in [2.24, 2.45) is 0 Å². The minimum absolute atomic E-state index is 0.0383. The zero-order valence-corrected chi connectivity index (χ0v) is 15.7. The Kier molecular flexibility index (Phi) is 4.66. The predicted molar refractivity (Wildman–Crippen MR) is 102 cm³/mol. The molecule has 7 nitrogen and oxygen atoms in total. The number of amides is 2. The van der Waals surface area contributed by atoms with Crippen LogP contribution in [0.1, 0.15) is 28.6 Å². The van der Waals surface area contributed by atoms with Crippen LogP contribution in [-0.4, -0.2) is 43.6 Å². The van der Waals surface area contributed by atoms with Crippen LogP contribution < -0.4 is 5.32 Å². The first kappa shape index (κ1) is 17.3. The molecule has 2 amide bonds. The number of urea groups is 1. The molecule has 7 heteroatoms. The van der Waals surface area contributed by atoms with Crippen LogP contribution >= 0.6 is 0 Å². The van der Waals surface area contributed by atoms with Crippen LogP contribution in [-0.2, 0) is 13.1 Å². The number of nitrogens with zero attached hydrogens (tertiary/aromatic N) is 5. The second-order valence-electron chi connectivity index (χ2n) is 7.12. The zero-order chi connectivity index (χ0) is 18.8. The first-order valence-corrected chi connectivity index (χ1v) is 9.19. The van der Waals surface area contributed by atoms with E-state index in [1.807, 2.05) is 45.6 Å². The normalized spacial score (nSPS) is 14.2. The number of likely N-dealkylation sites (tertiary alicyclic amines) is 1. The van der Waals surface area contributed by atoms with Crippen molar-refractivity contribution in [3.63, 3.8) is 0 Å². The molecule has 0 atom stereocenters. The first-order chi connectivity index (χ1) is 13.1. The van der Waals surface area contributed by atoms with Gasteiger partial charge in [0.2, 0.25) is 0 Å². The summed E-state index contributed by atoms with van der Waals surface area (Å²) in [5, 5.41) is 11.9. The summed E-state index contributed by atoms with van der Waals surface area (Å²) in [5.74, 6) is 0. The van der Waals surface area contributed by atoms with E-state index in [1.54, 1.807) is 6.20 Å². The lowest BCUT2D eigenvalue weighted by Crippen LogP contribution is -2.54. The fourth-order valence-electron chi connectivity index (χ4n) is 3.44. The van der Waals surface area contributed by atoms with Crippen LogP contribution in [0.2, 0.25) is 0 Å². The van der Waals surface area contributed by atoms with Crippen molar-refractivity contribution in [1.29, 1.82) is 0 Å². The fraction of sp³-hybridized carbons (Fsp3) is 0.350. The standard InChI is InChI=1S/C20H24N6O/c1-15-8-16(2)26(23-15)19-13-24(14-19)20(27)21-9-18-10-22-25(12-18)11-17-6-4-3-5-7-17/h3-8,10,12,19H,9,11,13-14H2,1-2H3,(H,21,27). The van der Waals surface area contributed by atoms with Crippen LogP contribution in [0, 0.1) is 13.8 Å². The summed E-state index contributed by atoms with van der Waals surface area (Å²) in [6.07, 6.45) is 3.78. The highest BCUT2D eigenvalue weighted by molar-refractivity contribution is 5.75. The smallest absolute Gasteiger partial charge is 0.317 e. The number of hydrogen-bond acceptors (Lipinski definition) is 3. The second kappa shape index (κ2) is 7.26. The van der Waals surface area contributed by atoms with Crippen molar-refractivity contribution in [2.75, 3.05) is 13.1 Å². The highest BCUT2D eigenvalue weighted by Crippen LogP contribution is 2.22. The van der Waals surface area contributed by atoms with E-state index in [9.17, 15) is 4.79 Å². The predicted octanol–water partition coefficient (Wildman–Crippen LogP) is 2.51. The van der Waals surface area contributed by atoms with Gasteiger partial charge >= 0.3 is 6.03 Å². The van der Waals surface area contributed by atoms with Gasteiger partial charge in [0, 0.05) is 37.1 Å². The molecule has 1 aromatic carbocycles. The lowest BCUT2D eigenvalue weighted by Gasteiger charge is -2.39. The Morgan fingerprint density at radius 3 is 2.67 bits per heavy atom. The van der Waals surface area contributed by atoms with Gasteiger partial charge in [-0.25, -0.2) is 4.79 Å². The molecule has 0 saturated carbocycles. The minimum Gasteiger partial charge on any atom is -0.334 e. The molecular weight excluding hydrogens is 340 g/mol. The SMILES string of the molecule is Cc1cc(C)n(C2CN(C(=O)NCc3cnn(Cc4ccccc4)c3)C2)n1. The van der Waals surface area contributed by atoms with Gasteiger partial charge in [0.05, 0.1) is 24.5 Å². The Bertz CT molecular complexity index is 923. The number of hydrogen-bond donors (Lipinski definition) is 1. The van der Waals surface area contributed by atoms with Gasteiger partial charge in [-0.1, -0.05) is 30.3 Å². The number of aryl methyl sites for hydroxylation is 2. The Balaban J connectivity index is 1.25. The maximum Gasteiger partial charge on any atom is 0.317 e. The molecule has 1 fully saturated rings. The quantitative estimate of drug-likeness (QED) is 0.756. The average molecular weight is 364 g/mol. The summed E-state index contributed by atoms with van der Waals surface area (Å²) in [7, 11) is 0. The van der Waals surface area contributed by atoms with Gasteiger partial charge in [-0.15, -0.1) is 0 Å². The fourth-order valence-corrected chi connectivity index (χ4v) is 3.44. The highest BCUT2D eigenvalue weighted by atomic mass is 16.2. The summed E-state index contributed by atoms with van der Waals surface area (Å²) in [4.78, 5) is 14.1. The van der Waals surface area contributed by atoms with E-state index in [0.29, 0.717) is 19.6 Å². The van der Waals surface area contributed by atoms with Crippen molar-refractivity contribution in [2.45, 2.75) is 33.0 Å². The molecule has 140 valence electrons. The molecule has 0 unspecified atom stereocenters. The molecule has 27 heavy (non-hydrogen) atoms. The number of rotatable bonds is 5. The third-order valence-corrected chi connectivity index (χ3v) is 4.86. The molecule has 1 aliphatic rings. The summed E-state index contributed by atoms with van der Waals surface area (Å²) < 4.78 is 3.91. The Morgan fingerprint density at radius 1 is 1.19 bits per heavy atom. The maximum absolute atomic E-state index is 12.3. The first-order valence-electron chi connectivity index (χ1n) is 9.19. The monoisotopic (exact) mass is 364 g/mol. The van der Waals surface area contributed by atoms with E-state index in [4.69, 9.17) is 0 Å². The number of aromatic nitrogens is 4. The lowest BCUT2D eigenvalue weighted by molar-refractivity contribution is 0.117. The van der Waals surface area contributed by atoms with Gasteiger partial charge in [-0.05, 0) is 25.5 Å². The van der Waals surface area contributed by atoms with E-state index in [-0.39, 0.29) is 12.1 Å². The van der Waals surface area contributed by atoms with Gasteiger partial charge in [-0.3, -0.25) is 9.36 Å². The van der Waals surface area contributed by atoms with Crippen molar-refractivity contribution >= 4 is 6.03 Å². The number of carbonyl (C=O) groups excluding carboxylic acids is 1. The molecular formula is C20H24N6O. The third-order valence-electron chi connectivity index (χ3n) is 4.86. The number of benzene rings is 1. The zero-order valence-electron chi connectivity index (χ0n) is 15.7. The van der Waals surface area contributed by atoms with Crippen LogP contribution in [0.4, 0.5) is 4.79 Å². The van der Waals surface area contributed by atoms with Crippen LogP contribution in [0.15, 0.2) is 48.8 Å². The van der Waals surface area contributed by atoms with E-state index < -0.39 is 0 Å². The van der Waals surface area contributed by atoms with Crippen molar-refractivity contribution in [1.82, 2.24) is 29.8 Å². The average Bonchev–Trinajstić information content (AvgIpc) is 3.19. The summed E-state index contributed by atoms with van der Waals surface area (Å²) >= 11 is 0. The molecule has 0 spiro atoms. The maximum atomic E-state index is 12.3. The van der Waals surface area contributed by atoms with E-state index >= 15 is 0 Å². The molecule has 2 aromatic heterocycles. The van der Waals surface area contributed by atoms with Crippen LogP contribution in [0.25, 0.3) is 0 Å². The van der Waals surface area contributed by atoms with E-state index in [0.717, 1.165) is 23.5 Å². The molecule has 0 bridgehead atoms. The largest absolute Gasteiger partial charge is 0.334 e. The van der Waals surface area contributed by atoms with Crippen LogP contribution in [0.5, 0.6) is 0 Å². The Morgan fingerprint density at radius 2 is 1.96 bits per heavy atom. The van der Waals surface area contributed by atoms with Crippen molar-refractivity contribution in [3.8, 4) is 0 Å². The van der Waals surface area contributed by atoms with E-state index in [2.05, 4.69) is 40.6 Å². The summed E-state index contributed by atoms with van der Waals surface area (Å²) in [6.45, 7) is 6.64. The molecule has 4 rings (SSSR count). The Labute approximate surface area is 158 Å². The summed E-state index contributed by atoms with van der Waals surface area (Å²) in [5.41, 5.74) is 4.35. The Hall–Kier alpha value is -3.09. The molecule has 0 radical (unpaired) electrons. The number of nitrogens with one attached hydrogen (secondary N) is 1. The van der Waals surface area contributed by atoms with Crippen molar-refractivity contribution in [3.05, 3.63) is 71.3 Å². The van der Waals surface area contributed by atoms with Gasteiger partial charge in [0.15, 0.2) is 0 Å². The molecule has 3 heterocycles. The molecule has 1 N–H and O–H groups in total. The van der Waals surface area contributed by atoms with Gasteiger partial charge < -0.3 is 10.2 Å². The van der Waals surface area contributed by atoms with Crippen LogP contribution in [0.3, 0.4) is 0 Å².